The predicted octanol–water partition coefficient (Wildman–Crippen LogP) is 2.65. The van der Waals surface area contributed by atoms with Crippen molar-refractivity contribution in [2.45, 2.75) is 13.8 Å². The third-order valence-corrected chi connectivity index (χ3v) is 2.69. The molecule has 82 valence electrons. The minimum atomic E-state index is 0.269. The summed E-state index contributed by atoms with van der Waals surface area (Å²) in [5.41, 5.74) is 10.5. The fourth-order valence-electron chi connectivity index (χ4n) is 1.76. The molecule has 0 amide bonds. The SMILES string of the molecule is Cc1cc(O)ccc1-c1ccnc(C)c1N. The molecular formula is C13H14N2O. The largest absolute Gasteiger partial charge is 0.508 e. The van der Waals surface area contributed by atoms with Crippen LogP contribution in [0.25, 0.3) is 11.1 Å². The Morgan fingerprint density at radius 2 is 1.88 bits per heavy atom. The van der Waals surface area contributed by atoms with Crippen molar-refractivity contribution < 1.29 is 5.11 Å². The second-order valence-electron chi connectivity index (χ2n) is 3.86. The molecule has 0 spiro atoms. The van der Waals surface area contributed by atoms with Gasteiger partial charge in [0.05, 0.1) is 11.4 Å². The number of nitrogens with zero attached hydrogens (tertiary/aromatic N) is 1. The highest BCUT2D eigenvalue weighted by molar-refractivity contribution is 5.79. The monoisotopic (exact) mass is 214 g/mol. The van der Waals surface area contributed by atoms with Gasteiger partial charge >= 0.3 is 0 Å². The number of anilines is 1. The number of benzene rings is 1. The normalized spacial score (nSPS) is 10.4. The number of aromatic nitrogens is 1. The summed E-state index contributed by atoms with van der Waals surface area (Å²) >= 11 is 0. The number of nitrogens with two attached hydrogens (primary N) is 1. The van der Waals surface area contributed by atoms with Crippen molar-refractivity contribution in [2.24, 2.45) is 0 Å². The lowest BCUT2D eigenvalue weighted by Crippen LogP contribution is -1.96. The molecule has 3 N–H and O–H groups in total. The summed E-state index contributed by atoms with van der Waals surface area (Å²) in [6.07, 6.45) is 1.74. The van der Waals surface area contributed by atoms with Crippen LogP contribution in [-0.4, -0.2) is 10.1 Å². The lowest BCUT2D eigenvalue weighted by molar-refractivity contribution is 0.475. The smallest absolute Gasteiger partial charge is 0.115 e. The minimum absolute atomic E-state index is 0.269. The molecule has 0 saturated carbocycles. The van der Waals surface area contributed by atoms with Gasteiger partial charge in [0.1, 0.15) is 5.75 Å². The first-order chi connectivity index (χ1) is 7.59. The van der Waals surface area contributed by atoms with Crippen molar-refractivity contribution in [2.75, 3.05) is 5.73 Å². The lowest BCUT2D eigenvalue weighted by Gasteiger charge is -2.10. The first-order valence-electron chi connectivity index (χ1n) is 5.10. The predicted molar refractivity (Wildman–Crippen MR) is 65.2 cm³/mol. The number of aromatic hydroxyl groups is 1. The summed E-state index contributed by atoms with van der Waals surface area (Å²) in [5, 5.41) is 9.36. The van der Waals surface area contributed by atoms with Gasteiger partial charge in [-0.05, 0) is 43.2 Å². The van der Waals surface area contributed by atoms with Gasteiger partial charge in [0, 0.05) is 11.8 Å². The van der Waals surface area contributed by atoms with Gasteiger partial charge in [0.25, 0.3) is 0 Å². The fraction of sp³-hybridized carbons (Fsp3) is 0.154. The summed E-state index contributed by atoms with van der Waals surface area (Å²) in [4.78, 5) is 4.14. The van der Waals surface area contributed by atoms with Gasteiger partial charge in [-0.3, -0.25) is 4.98 Å². The molecule has 0 unspecified atom stereocenters. The quantitative estimate of drug-likeness (QED) is 0.767. The number of pyridine rings is 1. The van der Waals surface area contributed by atoms with Gasteiger partial charge in [-0.1, -0.05) is 6.07 Å². The molecule has 1 heterocycles. The van der Waals surface area contributed by atoms with E-state index in [0.29, 0.717) is 5.69 Å². The molecule has 0 bridgehead atoms. The highest BCUT2D eigenvalue weighted by Crippen LogP contribution is 2.31. The van der Waals surface area contributed by atoms with E-state index in [1.165, 1.54) is 0 Å². The van der Waals surface area contributed by atoms with Crippen LogP contribution >= 0.6 is 0 Å². The molecule has 16 heavy (non-hydrogen) atoms. The molecular weight excluding hydrogens is 200 g/mol. The molecule has 3 heteroatoms. The van der Waals surface area contributed by atoms with Crippen LogP contribution in [0.5, 0.6) is 5.75 Å². The van der Waals surface area contributed by atoms with E-state index < -0.39 is 0 Å². The number of aryl methyl sites for hydroxylation is 2. The molecule has 0 radical (unpaired) electrons. The van der Waals surface area contributed by atoms with Crippen LogP contribution in [-0.2, 0) is 0 Å². The first-order valence-corrected chi connectivity index (χ1v) is 5.10. The van der Waals surface area contributed by atoms with E-state index in [4.69, 9.17) is 5.73 Å². The highest BCUT2D eigenvalue weighted by atomic mass is 16.3. The molecule has 1 aromatic carbocycles. The third-order valence-electron chi connectivity index (χ3n) is 2.69. The van der Waals surface area contributed by atoms with E-state index in [1.807, 2.05) is 26.0 Å². The van der Waals surface area contributed by atoms with E-state index in [-0.39, 0.29) is 5.75 Å². The van der Waals surface area contributed by atoms with Crippen molar-refractivity contribution in [3.05, 3.63) is 41.7 Å². The Bertz CT molecular complexity index is 535. The average molecular weight is 214 g/mol. The second kappa shape index (κ2) is 3.85. The zero-order chi connectivity index (χ0) is 11.7. The Hall–Kier alpha value is -2.03. The van der Waals surface area contributed by atoms with E-state index in [9.17, 15) is 5.11 Å². The summed E-state index contributed by atoms with van der Waals surface area (Å²) < 4.78 is 0. The molecule has 2 rings (SSSR count). The van der Waals surface area contributed by atoms with Gasteiger partial charge < -0.3 is 10.8 Å². The second-order valence-corrected chi connectivity index (χ2v) is 3.86. The van der Waals surface area contributed by atoms with Crippen molar-refractivity contribution >= 4 is 5.69 Å². The number of nitrogen functional groups attached to an aromatic ring is 1. The molecule has 0 saturated heterocycles. The van der Waals surface area contributed by atoms with Crippen molar-refractivity contribution in [3.8, 4) is 16.9 Å². The summed E-state index contributed by atoms with van der Waals surface area (Å²) in [5.74, 6) is 0.269. The van der Waals surface area contributed by atoms with Crippen LogP contribution in [0.15, 0.2) is 30.5 Å². The van der Waals surface area contributed by atoms with Crippen LogP contribution in [0.4, 0.5) is 5.69 Å². The van der Waals surface area contributed by atoms with Crippen LogP contribution in [0.1, 0.15) is 11.3 Å². The Balaban J connectivity index is 2.63. The molecule has 3 nitrogen and oxygen atoms in total. The summed E-state index contributed by atoms with van der Waals surface area (Å²) in [7, 11) is 0. The van der Waals surface area contributed by atoms with Crippen LogP contribution in [0.2, 0.25) is 0 Å². The maximum Gasteiger partial charge on any atom is 0.115 e. The first kappa shape index (κ1) is 10.5. The maximum absolute atomic E-state index is 9.36. The van der Waals surface area contributed by atoms with Crippen molar-refractivity contribution in [3.63, 3.8) is 0 Å². The van der Waals surface area contributed by atoms with Crippen LogP contribution in [0, 0.1) is 13.8 Å². The molecule has 1 aromatic heterocycles. The molecule has 0 atom stereocenters. The topological polar surface area (TPSA) is 59.1 Å². The number of rotatable bonds is 1. The highest BCUT2D eigenvalue weighted by Gasteiger charge is 2.08. The van der Waals surface area contributed by atoms with E-state index >= 15 is 0 Å². The van der Waals surface area contributed by atoms with Gasteiger partial charge in [-0.2, -0.15) is 0 Å². The van der Waals surface area contributed by atoms with Crippen molar-refractivity contribution in [1.82, 2.24) is 4.98 Å². The summed E-state index contributed by atoms with van der Waals surface area (Å²) in [6.45, 7) is 3.83. The number of phenols is 1. The Kier molecular flexibility index (Phi) is 2.52. The Morgan fingerprint density at radius 3 is 2.56 bits per heavy atom. The standard InChI is InChI=1S/C13H14N2O/c1-8-7-10(16)3-4-11(8)12-5-6-15-9(2)13(12)14/h3-7,16H,14H2,1-2H3. The molecule has 0 aliphatic heterocycles. The Labute approximate surface area is 94.6 Å². The van der Waals surface area contributed by atoms with E-state index in [2.05, 4.69) is 4.98 Å². The van der Waals surface area contributed by atoms with Gasteiger partial charge in [0.15, 0.2) is 0 Å². The zero-order valence-corrected chi connectivity index (χ0v) is 9.36. The zero-order valence-electron chi connectivity index (χ0n) is 9.36. The number of hydrogen-bond donors (Lipinski definition) is 2. The van der Waals surface area contributed by atoms with Gasteiger partial charge in [-0.25, -0.2) is 0 Å². The van der Waals surface area contributed by atoms with Crippen LogP contribution < -0.4 is 5.73 Å². The van der Waals surface area contributed by atoms with Crippen molar-refractivity contribution in [1.29, 1.82) is 0 Å². The molecule has 0 aliphatic carbocycles. The fourth-order valence-corrected chi connectivity index (χ4v) is 1.76. The maximum atomic E-state index is 9.36. The van der Waals surface area contributed by atoms with Gasteiger partial charge in [0.2, 0.25) is 0 Å². The van der Waals surface area contributed by atoms with E-state index in [1.54, 1.807) is 18.3 Å². The third kappa shape index (κ3) is 1.72. The molecule has 2 aromatic rings. The average Bonchev–Trinajstić information content (AvgIpc) is 2.23. The number of phenolic OH excluding ortho intramolecular Hbond substituents is 1. The lowest BCUT2D eigenvalue weighted by atomic mass is 9.99. The molecule has 0 aliphatic rings. The number of hydrogen-bond acceptors (Lipinski definition) is 3. The van der Waals surface area contributed by atoms with E-state index in [0.717, 1.165) is 22.4 Å². The van der Waals surface area contributed by atoms with Gasteiger partial charge in [-0.15, -0.1) is 0 Å². The Morgan fingerprint density at radius 1 is 1.12 bits per heavy atom. The summed E-state index contributed by atoms with van der Waals surface area (Å²) in [6, 6.07) is 7.15. The minimum Gasteiger partial charge on any atom is -0.508 e. The molecule has 0 fully saturated rings. The van der Waals surface area contributed by atoms with Crippen LogP contribution in [0.3, 0.4) is 0 Å².